The number of phenolic OH excluding ortho intramolecular Hbond substituents is 1. The summed E-state index contributed by atoms with van der Waals surface area (Å²) in [4.78, 5) is 17.3. The molecule has 1 fully saturated rings. The van der Waals surface area contributed by atoms with Gasteiger partial charge in [-0.3, -0.25) is 14.6 Å². The van der Waals surface area contributed by atoms with Gasteiger partial charge in [-0.15, -0.1) is 0 Å². The van der Waals surface area contributed by atoms with Gasteiger partial charge in [0.05, 0.1) is 11.2 Å². The third kappa shape index (κ3) is 7.99. The van der Waals surface area contributed by atoms with Crippen LogP contribution in [0.3, 0.4) is 0 Å². The Labute approximate surface area is 252 Å². The molecule has 1 amide bonds. The summed E-state index contributed by atoms with van der Waals surface area (Å²) in [5.74, 6) is 0.313. The molecule has 2 N–H and O–H groups in total. The summed E-state index contributed by atoms with van der Waals surface area (Å²) in [5.41, 5.74) is 4.94. The largest absolute Gasteiger partial charge is 0.506 e. The number of benzene rings is 4. The van der Waals surface area contributed by atoms with E-state index in [9.17, 15) is 9.90 Å². The van der Waals surface area contributed by atoms with Crippen molar-refractivity contribution in [2.75, 3.05) is 39.3 Å². The summed E-state index contributed by atoms with van der Waals surface area (Å²) in [6.07, 6.45) is 1.61. The lowest BCUT2D eigenvalue weighted by Crippen LogP contribution is -2.47. The van der Waals surface area contributed by atoms with Gasteiger partial charge in [-0.1, -0.05) is 67.0 Å². The molecule has 1 aliphatic heterocycles. The quantitative estimate of drug-likeness (QED) is 0.167. The number of hydrazone groups is 1. The maximum Gasteiger partial charge on any atom is 0.271 e. The number of ether oxygens (including phenoxy) is 1. The molecule has 0 aromatic heterocycles. The Hall–Kier alpha value is -3.62. The van der Waals surface area contributed by atoms with Crippen LogP contribution in [-0.2, 0) is 6.54 Å². The molecule has 0 spiro atoms. The zero-order valence-electron chi connectivity index (χ0n) is 21.9. The van der Waals surface area contributed by atoms with Crippen LogP contribution in [0.15, 0.2) is 84.0 Å². The SMILES string of the molecule is C.O=C(N/N=C/c1ccc(OCCN2CCN(Cc3ccc(Cl)cc3)CC2)c2ccccc12)c1ccc(O)c(Cl)c1.[HH]. The van der Waals surface area contributed by atoms with E-state index in [2.05, 4.69) is 32.5 Å². The number of halogens is 2. The Morgan fingerprint density at radius 1 is 0.951 bits per heavy atom. The van der Waals surface area contributed by atoms with E-state index in [4.69, 9.17) is 27.9 Å². The van der Waals surface area contributed by atoms with E-state index in [1.54, 1.807) is 6.21 Å². The van der Waals surface area contributed by atoms with Crippen LogP contribution in [-0.4, -0.2) is 66.4 Å². The third-order valence-corrected chi connectivity index (χ3v) is 7.50. The molecule has 216 valence electrons. The monoisotopic (exact) mass is 594 g/mol. The standard InChI is InChI=1S/C31H30Cl2N4O3.CH4.H2/c32-25-9-5-22(6-10-25)21-37-15-13-36(14-16-37)17-18-40-30-12-8-24(26-3-1-2-4-27(26)30)20-34-35-31(39)23-7-11-29(38)28(33)19-23;;/h1-12,19-20,38H,13-18,21H2,(H,35,39);1H4;1H/b34-20+;;. The van der Waals surface area contributed by atoms with Gasteiger partial charge in [-0.2, -0.15) is 5.10 Å². The van der Waals surface area contributed by atoms with E-state index in [0.29, 0.717) is 12.2 Å². The summed E-state index contributed by atoms with van der Waals surface area (Å²) < 4.78 is 6.22. The number of nitrogens with zero attached hydrogens (tertiary/aromatic N) is 3. The summed E-state index contributed by atoms with van der Waals surface area (Å²) in [6.45, 7) is 6.47. The number of piperazine rings is 1. The Kier molecular flexibility index (Phi) is 10.6. The molecule has 0 aliphatic carbocycles. The van der Waals surface area contributed by atoms with Gasteiger partial charge in [-0.05, 0) is 53.4 Å². The molecule has 0 bridgehead atoms. The molecule has 0 atom stereocenters. The van der Waals surface area contributed by atoms with Crippen LogP contribution in [0.25, 0.3) is 10.8 Å². The second-order valence-electron chi connectivity index (χ2n) is 9.66. The highest BCUT2D eigenvalue weighted by Crippen LogP contribution is 2.28. The van der Waals surface area contributed by atoms with Crippen molar-refractivity contribution in [2.45, 2.75) is 14.0 Å². The fraction of sp³-hybridized carbons (Fsp3) is 0.250. The molecular weight excluding hydrogens is 559 g/mol. The molecule has 4 aromatic rings. The first-order chi connectivity index (χ1) is 19.5. The van der Waals surface area contributed by atoms with Crippen molar-refractivity contribution in [1.29, 1.82) is 0 Å². The topological polar surface area (TPSA) is 77.4 Å². The first-order valence-corrected chi connectivity index (χ1v) is 13.9. The molecule has 9 heteroatoms. The van der Waals surface area contributed by atoms with E-state index in [1.165, 1.54) is 23.8 Å². The summed E-state index contributed by atoms with van der Waals surface area (Å²) in [5, 5.41) is 16.5. The van der Waals surface area contributed by atoms with Crippen LogP contribution in [0, 0.1) is 0 Å². The minimum Gasteiger partial charge on any atom is -0.506 e. The van der Waals surface area contributed by atoms with Gasteiger partial charge in [0.15, 0.2) is 0 Å². The number of fused-ring (bicyclic) bond motifs is 1. The zero-order valence-corrected chi connectivity index (χ0v) is 23.4. The smallest absolute Gasteiger partial charge is 0.271 e. The van der Waals surface area contributed by atoms with E-state index in [0.717, 1.165) is 66.4 Å². The Morgan fingerprint density at radius 3 is 2.39 bits per heavy atom. The van der Waals surface area contributed by atoms with E-state index in [1.807, 2.05) is 48.5 Å². The highest BCUT2D eigenvalue weighted by Gasteiger charge is 2.17. The third-order valence-electron chi connectivity index (χ3n) is 6.95. The number of carbonyl (C=O) groups excluding carboxylic acids is 1. The van der Waals surface area contributed by atoms with Gasteiger partial charge < -0.3 is 9.84 Å². The Bertz CT molecular complexity index is 1510. The first kappa shape index (κ1) is 30.3. The second-order valence-corrected chi connectivity index (χ2v) is 10.5. The van der Waals surface area contributed by atoms with Gasteiger partial charge >= 0.3 is 0 Å². The van der Waals surface area contributed by atoms with Crippen molar-refractivity contribution in [3.8, 4) is 11.5 Å². The van der Waals surface area contributed by atoms with Gasteiger partial charge in [0.2, 0.25) is 0 Å². The lowest BCUT2D eigenvalue weighted by molar-refractivity contribution is 0.0955. The van der Waals surface area contributed by atoms with E-state index < -0.39 is 5.91 Å². The lowest BCUT2D eigenvalue weighted by Gasteiger charge is -2.34. The molecule has 0 radical (unpaired) electrons. The molecule has 4 aromatic carbocycles. The molecule has 0 unspecified atom stereocenters. The maximum absolute atomic E-state index is 12.4. The minimum atomic E-state index is -0.423. The van der Waals surface area contributed by atoms with Crippen LogP contribution in [0.5, 0.6) is 11.5 Å². The predicted octanol–water partition coefficient (Wildman–Crippen LogP) is 6.69. The Balaban J connectivity index is 0.00000242. The summed E-state index contributed by atoms with van der Waals surface area (Å²) in [6, 6.07) is 24.2. The average molecular weight is 596 g/mol. The number of nitrogens with one attached hydrogen (secondary N) is 1. The number of hydrogen-bond acceptors (Lipinski definition) is 6. The molecule has 41 heavy (non-hydrogen) atoms. The van der Waals surface area contributed by atoms with E-state index >= 15 is 0 Å². The van der Waals surface area contributed by atoms with Crippen LogP contribution in [0.2, 0.25) is 10.0 Å². The van der Waals surface area contributed by atoms with Crippen molar-refractivity contribution in [3.05, 3.63) is 106 Å². The summed E-state index contributed by atoms with van der Waals surface area (Å²) >= 11 is 11.9. The molecule has 1 aliphatic rings. The second kappa shape index (κ2) is 14.3. The van der Waals surface area contributed by atoms with Crippen LogP contribution < -0.4 is 10.2 Å². The number of aromatic hydroxyl groups is 1. The number of rotatable bonds is 9. The number of phenols is 1. The van der Waals surface area contributed by atoms with E-state index in [-0.39, 0.29) is 19.6 Å². The number of hydrogen-bond donors (Lipinski definition) is 2. The number of carbonyl (C=O) groups is 1. The average Bonchev–Trinajstić information content (AvgIpc) is 2.97. The fourth-order valence-electron chi connectivity index (χ4n) is 4.71. The molecule has 1 heterocycles. The fourth-order valence-corrected chi connectivity index (χ4v) is 5.02. The molecule has 1 saturated heterocycles. The van der Waals surface area contributed by atoms with Crippen LogP contribution in [0.1, 0.15) is 30.3 Å². The lowest BCUT2D eigenvalue weighted by atomic mass is 10.0. The molecule has 7 nitrogen and oxygen atoms in total. The Morgan fingerprint density at radius 2 is 1.66 bits per heavy atom. The summed E-state index contributed by atoms with van der Waals surface area (Å²) in [7, 11) is 0. The molecule has 0 saturated carbocycles. The van der Waals surface area contributed by atoms with Crippen molar-refractivity contribution in [3.63, 3.8) is 0 Å². The zero-order chi connectivity index (χ0) is 27.9. The van der Waals surface area contributed by atoms with Crippen LogP contribution >= 0.6 is 23.2 Å². The normalized spacial score (nSPS) is 14.2. The van der Waals surface area contributed by atoms with Crippen molar-refractivity contribution >= 4 is 46.1 Å². The highest BCUT2D eigenvalue weighted by molar-refractivity contribution is 6.32. The predicted molar refractivity (Wildman–Crippen MR) is 170 cm³/mol. The van der Waals surface area contributed by atoms with Gasteiger partial charge in [0.1, 0.15) is 18.1 Å². The maximum atomic E-state index is 12.4. The molecule has 5 rings (SSSR count). The van der Waals surface area contributed by atoms with Gasteiger partial charge in [-0.25, -0.2) is 5.43 Å². The first-order valence-electron chi connectivity index (χ1n) is 13.1. The highest BCUT2D eigenvalue weighted by atomic mass is 35.5. The van der Waals surface area contributed by atoms with Crippen molar-refractivity contribution < 1.29 is 16.1 Å². The van der Waals surface area contributed by atoms with Crippen molar-refractivity contribution in [1.82, 2.24) is 15.2 Å². The van der Waals surface area contributed by atoms with Crippen molar-refractivity contribution in [2.24, 2.45) is 5.10 Å². The number of amides is 1. The van der Waals surface area contributed by atoms with Gasteiger partial charge in [0, 0.05) is 62.2 Å². The molecular formula is C32H36Cl2N4O3. The van der Waals surface area contributed by atoms with Crippen LogP contribution in [0.4, 0.5) is 0 Å². The van der Waals surface area contributed by atoms with Gasteiger partial charge in [0.25, 0.3) is 5.91 Å². The minimum absolute atomic E-state index is 0.